The number of carbonyl (C=O) groups excluding carboxylic acids is 1. The number of nitrogens with zero attached hydrogens (tertiary/aromatic N) is 2. The van der Waals surface area contributed by atoms with Gasteiger partial charge in [0.05, 0.1) is 5.69 Å². The molecule has 0 saturated heterocycles. The molecule has 2 rings (SSSR count). The van der Waals surface area contributed by atoms with Crippen LogP contribution in [-0.2, 0) is 0 Å². The third-order valence-corrected chi connectivity index (χ3v) is 3.63. The van der Waals surface area contributed by atoms with Crippen molar-refractivity contribution in [3.05, 3.63) is 54.6 Å². The zero-order chi connectivity index (χ0) is 18.4. The third kappa shape index (κ3) is 4.50. The second-order valence-corrected chi connectivity index (χ2v) is 5.69. The van der Waals surface area contributed by atoms with Crippen LogP contribution in [0.4, 0.5) is 21.0 Å². The monoisotopic (exact) mass is 342 g/mol. The number of para-hydroxylation sites is 1. The Bertz CT molecular complexity index is 731. The van der Waals surface area contributed by atoms with Gasteiger partial charge < -0.3 is 9.84 Å². The van der Waals surface area contributed by atoms with E-state index in [2.05, 4.69) is 0 Å². The van der Waals surface area contributed by atoms with E-state index in [9.17, 15) is 14.7 Å². The van der Waals surface area contributed by atoms with Gasteiger partial charge in [0.2, 0.25) is 0 Å². The van der Waals surface area contributed by atoms with Crippen LogP contribution in [0.15, 0.2) is 54.6 Å². The summed E-state index contributed by atoms with van der Waals surface area (Å²) in [6.07, 6.45) is -1.57. The maximum Gasteiger partial charge on any atom is 0.419 e. The van der Waals surface area contributed by atoms with Crippen LogP contribution in [0.2, 0.25) is 0 Å². The number of amides is 2. The van der Waals surface area contributed by atoms with E-state index in [0.717, 1.165) is 5.69 Å². The molecular formula is C19H22N2O4. The summed E-state index contributed by atoms with van der Waals surface area (Å²) in [5.74, 6) is 0.295. The molecule has 0 fully saturated rings. The molecule has 0 aromatic heterocycles. The van der Waals surface area contributed by atoms with Crippen LogP contribution in [0.1, 0.15) is 20.8 Å². The molecule has 0 aliphatic heterocycles. The standard InChI is InChI=1S/C19H22N2O4/c1-4-20(15-9-6-5-7-10-15)19(24)25-17-12-8-11-16(13-17)21(14(2)3)18(22)23/h5-14H,4H2,1-3H3,(H,22,23). The molecule has 0 bridgehead atoms. The number of carbonyl (C=O) groups is 2. The number of benzene rings is 2. The van der Waals surface area contributed by atoms with Crippen molar-refractivity contribution in [3.8, 4) is 5.75 Å². The van der Waals surface area contributed by atoms with Crippen molar-refractivity contribution in [3.63, 3.8) is 0 Å². The fourth-order valence-corrected chi connectivity index (χ4v) is 2.51. The SMILES string of the molecule is CCN(C(=O)Oc1cccc(N(C(=O)O)C(C)C)c1)c1ccccc1. The molecule has 0 unspecified atom stereocenters. The zero-order valence-corrected chi connectivity index (χ0v) is 14.5. The molecule has 0 spiro atoms. The highest BCUT2D eigenvalue weighted by Crippen LogP contribution is 2.24. The lowest BCUT2D eigenvalue weighted by Crippen LogP contribution is -2.36. The molecule has 25 heavy (non-hydrogen) atoms. The zero-order valence-electron chi connectivity index (χ0n) is 14.5. The summed E-state index contributed by atoms with van der Waals surface area (Å²) in [4.78, 5) is 26.6. The van der Waals surface area contributed by atoms with Crippen molar-refractivity contribution >= 4 is 23.6 Å². The number of hydrogen-bond acceptors (Lipinski definition) is 3. The Balaban J connectivity index is 2.21. The summed E-state index contributed by atoms with van der Waals surface area (Å²) in [6.45, 7) is 5.87. The van der Waals surface area contributed by atoms with Crippen molar-refractivity contribution in [1.82, 2.24) is 0 Å². The van der Waals surface area contributed by atoms with Gasteiger partial charge in [0.15, 0.2) is 0 Å². The molecule has 0 heterocycles. The first kappa shape index (κ1) is 18.3. The second-order valence-electron chi connectivity index (χ2n) is 5.69. The van der Waals surface area contributed by atoms with E-state index in [1.54, 1.807) is 38.1 Å². The fraction of sp³-hybridized carbons (Fsp3) is 0.263. The van der Waals surface area contributed by atoms with E-state index in [0.29, 0.717) is 18.0 Å². The summed E-state index contributed by atoms with van der Waals surface area (Å²) in [6, 6.07) is 15.5. The van der Waals surface area contributed by atoms with Gasteiger partial charge in [-0.1, -0.05) is 24.3 Å². The minimum absolute atomic E-state index is 0.236. The summed E-state index contributed by atoms with van der Waals surface area (Å²) in [7, 11) is 0. The first-order valence-electron chi connectivity index (χ1n) is 8.10. The molecule has 2 aromatic rings. The highest BCUT2D eigenvalue weighted by molar-refractivity contribution is 5.90. The topological polar surface area (TPSA) is 70.1 Å². The number of carboxylic acid groups (broad SMARTS) is 1. The van der Waals surface area contributed by atoms with E-state index in [-0.39, 0.29) is 6.04 Å². The molecule has 0 aliphatic carbocycles. The number of anilines is 2. The van der Waals surface area contributed by atoms with Gasteiger partial charge in [-0.05, 0) is 45.0 Å². The van der Waals surface area contributed by atoms with Gasteiger partial charge in [-0.3, -0.25) is 9.80 Å². The Labute approximate surface area is 147 Å². The van der Waals surface area contributed by atoms with Crippen molar-refractivity contribution < 1.29 is 19.4 Å². The van der Waals surface area contributed by atoms with E-state index < -0.39 is 12.2 Å². The quantitative estimate of drug-likeness (QED) is 0.862. The molecule has 6 heteroatoms. The summed E-state index contributed by atoms with van der Waals surface area (Å²) in [5.41, 5.74) is 1.19. The van der Waals surface area contributed by atoms with Crippen molar-refractivity contribution in [2.75, 3.05) is 16.3 Å². The van der Waals surface area contributed by atoms with Crippen molar-refractivity contribution in [1.29, 1.82) is 0 Å². The van der Waals surface area contributed by atoms with Gasteiger partial charge in [0, 0.05) is 24.3 Å². The number of hydrogen-bond donors (Lipinski definition) is 1. The van der Waals surface area contributed by atoms with E-state index in [4.69, 9.17) is 4.74 Å². The molecule has 2 aromatic carbocycles. The Morgan fingerprint density at radius 2 is 1.68 bits per heavy atom. The molecule has 0 aliphatic rings. The highest BCUT2D eigenvalue weighted by atomic mass is 16.6. The normalized spacial score (nSPS) is 10.4. The first-order valence-corrected chi connectivity index (χ1v) is 8.10. The van der Waals surface area contributed by atoms with E-state index in [1.165, 1.54) is 9.80 Å². The van der Waals surface area contributed by atoms with Crippen molar-refractivity contribution in [2.45, 2.75) is 26.8 Å². The minimum atomic E-state index is -1.06. The summed E-state index contributed by atoms with van der Waals surface area (Å²) >= 11 is 0. The van der Waals surface area contributed by atoms with Crippen LogP contribution in [0.5, 0.6) is 5.75 Å². The van der Waals surface area contributed by atoms with Crippen molar-refractivity contribution in [2.24, 2.45) is 0 Å². The molecule has 132 valence electrons. The predicted molar refractivity (Wildman–Crippen MR) is 97.6 cm³/mol. The van der Waals surface area contributed by atoms with E-state index >= 15 is 0 Å². The Kier molecular flexibility index (Phi) is 6.00. The smallest absolute Gasteiger partial charge is 0.419 e. The van der Waals surface area contributed by atoms with Crippen LogP contribution in [0.3, 0.4) is 0 Å². The van der Waals surface area contributed by atoms with Gasteiger partial charge in [-0.15, -0.1) is 0 Å². The second kappa shape index (κ2) is 8.19. The average Bonchev–Trinajstić information content (AvgIpc) is 2.56. The lowest BCUT2D eigenvalue weighted by Gasteiger charge is -2.24. The summed E-state index contributed by atoms with van der Waals surface area (Å²) in [5, 5.41) is 9.35. The maximum atomic E-state index is 12.5. The fourth-order valence-electron chi connectivity index (χ4n) is 2.51. The molecular weight excluding hydrogens is 320 g/mol. The first-order chi connectivity index (χ1) is 11.9. The molecule has 0 atom stereocenters. The summed E-state index contributed by atoms with van der Waals surface area (Å²) < 4.78 is 5.44. The van der Waals surface area contributed by atoms with Gasteiger partial charge in [-0.2, -0.15) is 0 Å². The largest absolute Gasteiger partial charge is 0.465 e. The molecule has 0 saturated carbocycles. The third-order valence-electron chi connectivity index (χ3n) is 3.63. The lowest BCUT2D eigenvalue weighted by atomic mass is 10.2. The lowest BCUT2D eigenvalue weighted by molar-refractivity contribution is 0.200. The molecule has 0 radical (unpaired) electrons. The molecule has 1 N–H and O–H groups in total. The Morgan fingerprint density at radius 3 is 2.24 bits per heavy atom. The maximum absolute atomic E-state index is 12.5. The number of ether oxygens (including phenoxy) is 1. The van der Waals surface area contributed by atoms with Gasteiger partial charge in [-0.25, -0.2) is 9.59 Å². The van der Waals surface area contributed by atoms with E-state index in [1.807, 2.05) is 37.3 Å². The average molecular weight is 342 g/mol. The van der Waals surface area contributed by atoms with Crippen LogP contribution < -0.4 is 14.5 Å². The van der Waals surface area contributed by atoms with Crippen LogP contribution in [0.25, 0.3) is 0 Å². The van der Waals surface area contributed by atoms with Gasteiger partial charge in [0.1, 0.15) is 5.75 Å². The van der Waals surface area contributed by atoms with Crippen LogP contribution in [-0.4, -0.2) is 29.9 Å². The molecule has 6 nitrogen and oxygen atoms in total. The minimum Gasteiger partial charge on any atom is -0.465 e. The number of rotatable bonds is 5. The highest BCUT2D eigenvalue weighted by Gasteiger charge is 2.20. The van der Waals surface area contributed by atoms with Crippen LogP contribution in [0, 0.1) is 0 Å². The Hall–Kier alpha value is -3.02. The van der Waals surface area contributed by atoms with Gasteiger partial charge in [0.25, 0.3) is 0 Å². The predicted octanol–water partition coefficient (Wildman–Crippen LogP) is 4.60. The Morgan fingerprint density at radius 1 is 1.04 bits per heavy atom. The van der Waals surface area contributed by atoms with Crippen LogP contribution >= 0.6 is 0 Å². The molecule has 2 amide bonds. The van der Waals surface area contributed by atoms with Gasteiger partial charge >= 0.3 is 12.2 Å².